The number of nitrogens with zero attached hydrogens (tertiary/aromatic N) is 2. The van der Waals surface area contributed by atoms with Crippen molar-refractivity contribution in [3.63, 3.8) is 0 Å². The first-order valence-corrected chi connectivity index (χ1v) is 8.96. The predicted octanol–water partition coefficient (Wildman–Crippen LogP) is 3.74. The molecule has 2 aromatic heterocycles. The molecule has 6 nitrogen and oxygen atoms in total. The maximum absolute atomic E-state index is 12.5. The summed E-state index contributed by atoms with van der Waals surface area (Å²) in [4.78, 5) is 31.8. The second-order valence-corrected chi connectivity index (χ2v) is 6.70. The lowest BCUT2D eigenvalue weighted by molar-refractivity contribution is -0.139. The Kier molecular flexibility index (Phi) is 7.30. The van der Waals surface area contributed by atoms with Gasteiger partial charge in [-0.25, -0.2) is 4.98 Å². The van der Waals surface area contributed by atoms with E-state index in [9.17, 15) is 22.8 Å². The molecule has 0 aliphatic heterocycles. The van der Waals surface area contributed by atoms with Gasteiger partial charge in [0.1, 0.15) is 17.2 Å². The molecular formula is C20H22F3N3O3. The highest BCUT2D eigenvalue weighted by atomic mass is 19.4. The lowest BCUT2D eigenvalue weighted by Crippen LogP contribution is -2.27. The maximum atomic E-state index is 12.5. The minimum Gasteiger partial charge on any atom is -0.491 e. The Balaban J connectivity index is 2.01. The van der Waals surface area contributed by atoms with Crippen molar-refractivity contribution in [3.8, 4) is 5.75 Å². The van der Waals surface area contributed by atoms with E-state index in [1.807, 2.05) is 0 Å². The number of carbonyl (C=O) groups is 2. The molecule has 0 spiro atoms. The third-order valence-corrected chi connectivity index (χ3v) is 4.06. The highest BCUT2D eigenvalue weighted by molar-refractivity contribution is 5.92. The van der Waals surface area contributed by atoms with Crippen molar-refractivity contribution in [2.45, 2.75) is 45.8 Å². The van der Waals surface area contributed by atoms with Crippen LogP contribution in [0.2, 0.25) is 0 Å². The van der Waals surface area contributed by atoms with Crippen LogP contribution in [0, 0.1) is 6.92 Å². The van der Waals surface area contributed by atoms with Gasteiger partial charge in [-0.1, -0.05) is 0 Å². The number of amides is 1. The highest BCUT2D eigenvalue weighted by Gasteiger charge is 2.27. The van der Waals surface area contributed by atoms with Gasteiger partial charge in [0, 0.05) is 18.3 Å². The standard InChI is InChI=1S/C20H22F3N3O3/c1-12-8-17(25-11-18(12)29-7-5-20(21,22)23)19(28)26-14(3)15-4-6-24-16(10-15)9-13(2)27/h4,6,8,10-11,14H,5,7,9H2,1-3H3,(H,26,28). The fourth-order valence-corrected chi connectivity index (χ4v) is 2.57. The topological polar surface area (TPSA) is 81.2 Å². The summed E-state index contributed by atoms with van der Waals surface area (Å²) in [5.41, 5.74) is 2.03. The monoisotopic (exact) mass is 409 g/mol. The third kappa shape index (κ3) is 7.17. The van der Waals surface area contributed by atoms with Crippen molar-refractivity contribution < 1.29 is 27.5 Å². The van der Waals surface area contributed by atoms with Crippen LogP contribution in [0.1, 0.15) is 53.6 Å². The molecule has 0 fully saturated rings. The van der Waals surface area contributed by atoms with Crippen LogP contribution < -0.4 is 10.1 Å². The number of aromatic nitrogens is 2. The lowest BCUT2D eigenvalue weighted by Gasteiger charge is -2.15. The number of hydrogen-bond acceptors (Lipinski definition) is 5. The average Bonchev–Trinajstić information content (AvgIpc) is 2.61. The summed E-state index contributed by atoms with van der Waals surface area (Å²) >= 11 is 0. The van der Waals surface area contributed by atoms with Gasteiger partial charge >= 0.3 is 6.18 Å². The Morgan fingerprint density at radius 1 is 1.24 bits per heavy atom. The predicted molar refractivity (Wildman–Crippen MR) is 99.6 cm³/mol. The van der Waals surface area contributed by atoms with E-state index in [-0.39, 0.29) is 29.7 Å². The van der Waals surface area contributed by atoms with Gasteiger partial charge in [0.25, 0.3) is 5.91 Å². The summed E-state index contributed by atoms with van der Waals surface area (Å²) in [6.07, 6.45) is -2.34. The number of alkyl halides is 3. The molecule has 2 heterocycles. The molecule has 1 unspecified atom stereocenters. The second-order valence-electron chi connectivity index (χ2n) is 6.70. The number of halogens is 3. The first kappa shape index (κ1) is 22.3. The molecule has 0 radical (unpaired) electrons. The van der Waals surface area contributed by atoms with Crippen LogP contribution in [-0.4, -0.2) is 34.4 Å². The number of rotatable bonds is 8. The van der Waals surface area contributed by atoms with Crippen molar-refractivity contribution in [2.75, 3.05) is 6.61 Å². The Morgan fingerprint density at radius 3 is 2.59 bits per heavy atom. The fraction of sp³-hybridized carbons (Fsp3) is 0.400. The number of pyridine rings is 2. The molecule has 29 heavy (non-hydrogen) atoms. The number of nitrogens with one attached hydrogen (secondary N) is 1. The number of aryl methyl sites for hydroxylation is 1. The summed E-state index contributed by atoms with van der Waals surface area (Å²) in [6.45, 7) is 4.37. The van der Waals surface area contributed by atoms with E-state index < -0.39 is 25.1 Å². The fourth-order valence-electron chi connectivity index (χ4n) is 2.57. The summed E-state index contributed by atoms with van der Waals surface area (Å²) in [6, 6.07) is 4.59. The molecule has 2 rings (SSSR count). The molecule has 0 saturated carbocycles. The average molecular weight is 409 g/mol. The summed E-state index contributed by atoms with van der Waals surface area (Å²) in [7, 11) is 0. The Morgan fingerprint density at radius 2 is 1.97 bits per heavy atom. The molecule has 9 heteroatoms. The van der Waals surface area contributed by atoms with Crippen LogP contribution in [0.4, 0.5) is 13.2 Å². The van der Waals surface area contributed by atoms with Gasteiger partial charge in [-0.15, -0.1) is 0 Å². The second kappa shape index (κ2) is 9.49. The van der Waals surface area contributed by atoms with Gasteiger partial charge in [0.05, 0.1) is 25.3 Å². The molecule has 0 aromatic carbocycles. The smallest absolute Gasteiger partial charge is 0.392 e. The normalized spacial score (nSPS) is 12.3. The van der Waals surface area contributed by atoms with Crippen LogP contribution >= 0.6 is 0 Å². The molecular weight excluding hydrogens is 387 g/mol. The maximum Gasteiger partial charge on any atom is 0.392 e. The molecule has 156 valence electrons. The van der Waals surface area contributed by atoms with Crippen molar-refractivity contribution >= 4 is 11.7 Å². The minimum absolute atomic E-state index is 0.0106. The lowest BCUT2D eigenvalue weighted by atomic mass is 10.1. The van der Waals surface area contributed by atoms with Gasteiger partial charge < -0.3 is 10.1 Å². The zero-order valence-electron chi connectivity index (χ0n) is 16.3. The summed E-state index contributed by atoms with van der Waals surface area (Å²) < 4.78 is 41.7. The van der Waals surface area contributed by atoms with Crippen LogP contribution in [0.15, 0.2) is 30.6 Å². The van der Waals surface area contributed by atoms with Crippen LogP contribution in [-0.2, 0) is 11.2 Å². The zero-order valence-corrected chi connectivity index (χ0v) is 16.3. The summed E-state index contributed by atoms with van der Waals surface area (Å²) in [5.74, 6) is -0.252. The molecule has 2 aromatic rings. The van der Waals surface area contributed by atoms with E-state index in [0.29, 0.717) is 11.3 Å². The van der Waals surface area contributed by atoms with Crippen molar-refractivity contribution in [2.24, 2.45) is 0 Å². The molecule has 0 aliphatic rings. The van der Waals surface area contributed by atoms with Crippen LogP contribution in [0.3, 0.4) is 0 Å². The molecule has 1 atom stereocenters. The van der Waals surface area contributed by atoms with E-state index in [2.05, 4.69) is 15.3 Å². The van der Waals surface area contributed by atoms with E-state index in [4.69, 9.17) is 4.74 Å². The van der Waals surface area contributed by atoms with Gasteiger partial charge in [-0.3, -0.25) is 14.6 Å². The molecule has 1 N–H and O–H groups in total. The first-order valence-electron chi connectivity index (χ1n) is 8.96. The Labute approximate surface area is 166 Å². The molecule has 0 saturated heterocycles. The quantitative estimate of drug-likeness (QED) is 0.718. The van der Waals surface area contributed by atoms with Crippen molar-refractivity contribution in [1.29, 1.82) is 0 Å². The van der Waals surface area contributed by atoms with Crippen LogP contribution in [0.5, 0.6) is 5.75 Å². The van der Waals surface area contributed by atoms with E-state index in [0.717, 1.165) is 5.56 Å². The van der Waals surface area contributed by atoms with Crippen LogP contribution in [0.25, 0.3) is 0 Å². The van der Waals surface area contributed by atoms with Gasteiger partial charge in [-0.2, -0.15) is 13.2 Å². The Bertz CT molecular complexity index is 885. The SMILES string of the molecule is CC(=O)Cc1cc(C(C)NC(=O)c2cc(C)c(OCCC(F)(F)F)cn2)ccn1. The van der Waals surface area contributed by atoms with Gasteiger partial charge in [0.15, 0.2) is 0 Å². The number of hydrogen-bond donors (Lipinski definition) is 1. The van der Waals surface area contributed by atoms with E-state index >= 15 is 0 Å². The molecule has 1 amide bonds. The Hall–Kier alpha value is -2.97. The summed E-state index contributed by atoms with van der Waals surface area (Å²) in [5, 5.41) is 2.80. The zero-order chi connectivity index (χ0) is 21.6. The van der Waals surface area contributed by atoms with Gasteiger partial charge in [0.2, 0.25) is 0 Å². The van der Waals surface area contributed by atoms with Crippen molar-refractivity contribution in [1.82, 2.24) is 15.3 Å². The molecule has 0 aliphatic carbocycles. The largest absolute Gasteiger partial charge is 0.491 e. The van der Waals surface area contributed by atoms with E-state index in [1.54, 1.807) is 32.2 Å². The molecule has 0 bridgehead atoms. The minimum atomic E-state index is -4.30. The first-order chi connectivity index (χ1) is 13.5. The highest BCUT2D eigenvalue weighted by Crippen LogP contribution is 2.22. The van der Waals surface area contributed by atoms with Crippen molar-refractivity contribution in [3.05, 3.63) is 53.1 Å². The van der Waals surface area contributed by atoms with E-state index in [1.165, 1.54) is 19.2 Å². The third-order valence-electron chi connectivity index (χ3n) is 4.06. The van der Waals surface area contributed by atoms with Gasteiger partial charge in [-0.05, 0) is 50.1 Å². The number of carbonyl (C=O) groups excluding carboxylic acids is 2. The number of Topliss-reactive ketones (excluding diaryl/α,β-unsaturated/α-hetero) is 1. The number of ketones is 1. The number of ether oxygens (including phenoxy) is 1.